The van der Waals surface area contributed by atoms with E-state index in [0.717, 1.165) is 50.6 Å². The summed E-state index contributed by atoms with van der Waals surface area (Å²) in [6.45, 7) is 2.85. The molecular weight excluding hydrogens is 552 g/mol. The van der Waals surface area contributed by atoms with Gasteiger partial charge in [0.05, 0.1) is 17.5 Å². The molecule has 4 atom stereocenters. The highest BCUT2D eigenvalue weighted by Gasteiger charge is 2.46. The maximum atomic E-state index is 14.2. The predicted molar refractivity (Wildman–Crippen MR) is 163 cm³/mol. The number of methoxy groups -OCH3 is 1. The van der Waals surface area contributed by atoms with Crippen molar-refractivity contribution in [2.45, 2.75) is 75.5 Å². The standard InChI is InChI=1S/C30H40N8O3S/c1-16(21-13-17(40-4)15-37(21)2)41-23-14-20(19-9-12-38(3)36-19)34-29(35-23)26(39)18-7-5-10-30(27(18)32)11-6-8-22-24(30)25(31)28(33)42-22/h9,12,14,16-17,21H,5-8,10-11,13,15,31-33H2,1-4H3/t16-,17+,21-,30-/m0/s1. The van der Waals surface area contributed by atoms with Crippen LogP contribution in [-0.4, -0.2) is 69.4 Å². The molecule has 2 aliphatic carbocycles. The number of aryl methyl sites for hydroxylation is 2. The first-order chi connectivity index (χ1) is 20.1. The van der Waals surface area contributed by atoms with Gasteiger partial charge in [0.25, 0.3) is 0 Å². The minimum absolute atomic E-state index is 0.0544. The molecule has 3 aromatic rings. The van der Waals surface area contributed by atoms with E-state index in [2.05, 4.69) is 22.0 Å². The SMILES string of the molecule is CO[C@@H]1C[C@@H]([C@H](C)Oc2cc(-c3ccn(C)n3)nc(C(=O)C3=C(N)[C@@]4(CCC3)CCCc3sc(N)c(N)c34)n2)N(C)C1. The highest BCUT2D eigenvalue weighted by molar-refractivity contribution is 7.16. The number of nitrogens with zero attached hydrogens (tertiary/aromatic N) is 5. The molecule has 12 heteroatoms. The lowest BCUT2D eigenvalue weighted by molar-refractivity contribution is 0.0997. The number of allylic oxidation sites excluding steroid dienone is 2. The monoisotopic (exact) mass is 592 g/mol. The maximum Gasteiger partial charge on any atom is 0.228 e. The van der Waals surface area contributed by atoms with Gasteiger partial charge < -0.3 is 26.7 Å². The fourth-order valence-corrected chi connectivity index (χ4v) is 8.28. The summed E-state index contributed by atoms with van der Waals surface area (Å²) in [7, 11) is 5.64. The molecule has 1 aliphatic heterocycles. The molecule has 0 bridgehead atoms. The average Bonchev–Trinajstić information content (AvgIpc) is 3.66. The third-order valence-corrected chi connectivity index (χ3v) is 10.4. The molecule has 224 valence electrons. The summed E-state index contributed by atoms with van der Waals surface area (Å²) in [5, 5.41) is 5.14. The Hall–Kier alpha value is -3.48. The summed E-state index contributed by atoms with van der Waals surface area (Å²) in [6, 6.07) is 3.75. The maximum absolute atomic E-state index is 14.2. The van der Waals surface area contributed by atoms with Crippen LogP contribution in [0, 0.1) is 0 Å². The van der Waals surface area contributed by atoms with E-state index in [-0.39, 0.29) is 29.9 Å². The zero-order valence-corrected chi connectivity index (χ0v) is 25.5. The number of thiophene rings is 1. The Labute approximate surface area is 250 Å². The van der Waals surface area contributed by atoms with Crippen LogP contribution >= 0.6 is 11.3 Å². The Morgan fingerprint density at radius 3 is 2.60 bits per heavy atom. The first-order valence-corrected chi connectivity index (χ1v) is 15.4. The van der Waals surface area contributed by atoms with Gasteiger partial charge in [0.2, 0.25) is 17.5 Å². The summed E-state index contributed by atoms with van der Waals surface area (Å²) in [4.78, 5) is 27.0. The molecule has 1 spiro atoms. The highest BCUT2D eigenvalue weighted by atomic mass is 32.1. The number of aromatic nitrogens is 4. The molecule has 0 aromatic carbocycles. The van der Waals surface area contributed by atoms with Gasteiger partial charge in [0.1, 0.15) is 16.8 Å². The van der Waals surface area contributed by atoms with Gasteiger partial charge in [-0.25, -0.2) is 4.98 Å². The second-order valence-electron chi connectivity index (χ2n) is 11.9. The number of likely N-dealkylation sites (N-methyl/N-ethyl adjacent to an activating group) is 1. The molecule has 0 radical (unpaired) electrons. The van der Waals surface area contributed by atoms with E-state index >= 15 is 0 Å². The van der Waals surface area contributed by atoms with Crippen LogP contribution in [0.1, 0.15) is 66.5 Å². The zero-order valence-electron chi connectivity index (χ0n) is 24.7. The fourth-order valence-electron chi connectivity index (χ4n) is 7.14. The van der Waals surface area contributed by atoms with Crippen LogP contribution in [0.15, 0.2) is 29.6 Å². The number of nitrogen functional groups attached to an aromatic ring is 2. The molecule has 6 rings (SSSR count). The number of nitrogens with two attached hydrogens (primary N) is 3. The van der Waals surface area contributed by atoms with E-state index in [4.69, 9.17) is 31.7 Å². The number of ketones is 1. The van der Waals surface area contributed by atoms with Crippen molar-refractivity contribution in [2.24, 2.45) is 12.8 Å². The lowest BCUT2D eigenvalue weighted by Crippen LogP contribution is -2.41. The fraction of sp³-hybridized carbons (Fsp3) is 0.533. The van der Waals surface area contributed by atoms with Crippen molar-refractivity contribution in [1.82, 2.24) is 24.6 Å². The smallest absolute Gasteiger partial charge is 0.228 e. The molecule has 3 aliphatic rings. The number of hydrogen-bond donors (Lipinski definition) is 3. The third kappa shape index (κ3) is 4.84. The second-order valence-corrected chi connectivity index (χ2v) is 13.0. The van der Waals surface area contributed by atoms with Crippen LogP contribution in [0.25, 0.3) is 11.4 Å². The average molecular weight is 593 g/mol. The molecule has 42 heavy (non-hydrogen) atoms. The zero-order chi connectivity index (χ0) is 29.8. The molecule has 4 heterocycles. The largest absolute Gasteiger partial charge is 0.473 e. The normalized spacial score (nSPS) is 25.1. The van der Waals surface area contributed by atoms with Crippen molar-refractivity contribution in [3.63, 3.8) is 0 Å². The Balaban J connectivity index is 1.38. The molecule has 0 saturated carbocycles. The number of Topliss-reactive ketones (excluding diaryl/α,β-unsaturated/α-hetero) is 1. The van der Waals surface area contributed by atoms with Crippen LogP contribution < -0.4 is 21.9 Å². The van der Waals surface area contributed by atoms with E-state index in [9.17, 15) is 4.79 Å². The van der Waals surface area contributed by atoms with E-state index in [0.29, 0.717) is 45.6 Å². The minimum Gasteiger partial charge on any atom is -0.473 e. The molecule has 3 aromatic heterocycles. The predicted octanol–water partition coefficient (Wildman–Crippen LogP) is 3.44. The van der Waals surface area contributed by atoms with Crippen molar-refractivity contribution in [1.29, 1.82) is 0 Å². The van der Waals surface area contributed by atoms with Gasteiger partial charge in [-0.1, -0.05) is 0 Å². The number of carbonyl (C=O) groups is 1. The van der Waals surface area contributed by atoms with E-state index in [1.54, 1.807) is 29.2 Å². The van der Waals surface area contributed by atoms with Gasteiger partial charge in [-0.3, -0.25) is 14.4 Å². The Morgan fingerprint density at radius 1 is 1.14 bits per heavy atom. The van der Waals surface area contributed by atoms with Crippen LogP contribution in [0.5, 0.6) is 5.88 Å². The van der Waals surface area contributed by atoms with Gasteiger partial charge in [-0.05, 0) is 65.0 Å². The molecular formula is C30H40N8O3S. The summed E-state index contributed by atoms with van der Waals surface area (Å²) in [5.74, 6) is 0.0993. The number of rotatable bonds is 7. The van der Waals surface area contributed by atoms with Crippen LogP contribution in [-0.2, 0) is 23.6 Å². The van der Waals surface area contributed by atoms with E-state index in [1.807, 2.05) is 26.2 Å². The number of hydrogen-bond acceptors (Lipinski definition) is 11. The topological polar surface area (TPSA) is 160 Å². The Morgan fingerprint density at radius 2 is 1.90 bits per heavy atom. The quantitative estimate of drug-likeness (QED) is 0.347. The van der Waals surface area contributed by atoms with Crippen LogP contribution in [0.3, 0.4) is 0 Å². The molecule has 0 unspecified atom stereocenters. The van der Waals surface area contributed by atoms with Gasteiger partial charge >= 0.3 is 0 Å². The van der Waals surface area contributed by atoms with E-state index < -0.39 is 5.41 Å². The highest BCUT2D eigenvalue weighted by Crippen LogP contribution is 2.54. The number of anilines is 2. The molecule has 11 nitrogen and oxygen atoms in total. The summed E-state index contributed by atoms with van der Waals surface area (Å²) in [6.07, 6.45) is 7.57. The van der Waals surface area contributed by atoms with Crippen molar-refractivity contribution in [3.8, 4) is 17.3 Å². The van der Waals surface area contributed by atoms with Crippen LogP contribution in [0.4, 0.5) is 10.7 Å². The third-order valence-electron chi connectivity index (χ3n) is 9.30. The summed E-state index contributed by atoms with van der Waals surface area (Å²) < 4.78 is 13.7. The first-order valence-electron chi connectivity index (χ1n) is 14.6. The van der Waals surface area contributed by atoms with Gasteiger partial charge in [-0.15, -0.1) is 11.3 Å². The lowest BCUT2D eigenvalue weighted by Gasteiger charge is -2.42. The van der Waals surface area contributed by atoms with E-state index in [1.165, 1.54) is 4.88 Å². The molecule has 6 N–H and O–H groups in total. The number of carbonyl (C=O) groups excluding carboxylic acids is 1. The van der Waals surface area contributed by atoms with Gasteiger partial charge in [0.15, 0.2) is 0 Å². The minimum atomic E-state index is -0.494. The van der Waals surface area contributed by atoms with Crippen molar-refractivity contribution >= 4 is 27.8 Å². The van der Waals surface area contributed by atoms with Crippen LogP contribution in [0.2, 0.25) is 0 Å². The van der Waals surface area contributed by atoms with Gasteiger partial charge in [-0.2, -0.15) is 10.1 Å². The van der Waals surface area contributed by atoms with Crippen molar-refractivity contribution < 1.29 is 14.3 Å². The second kappa shape index (κ2) is 11.0. The Kier molecular flexibility index (Phi) is 7.48. The van der Waals surface area contributed by atoms with Crippen molar-refractivity contribution in [3.05, 3.63) is 45.9 Å². The molecule has 0 amide bonds. The lowest BCUT2D eigenvalue weighted by atomic mass is 9.63. The number of likely N-dealkylation sites (tertiary alicyclic amines) is 1. The first kappa shape index (κ1) is 28.6. The number of fused-ring (bicyclic) bond motifs is 2. The molecule has 1 saturated heterocycles. The summed E-state index contributed by atoms with van der Waals surface area (Å²) in [5.41, 5.74) is 23.1. The van der Waals surface area contributed by atoms with Gasteiger partial charge in [0, 0.05) is 66.1 Å². The van der Waals surface area contributed by atoms with Crippen molar-refractivity contribution in [2.75, 3.05) is 32.2 Å². The summed E-state index contributed by atoms with van der Waals surface area (Å²) >= 11 is 1.54. The Bertz CT molecular complexity index is 1550. The number of ether oxygens (including phenoxy) is 2. The molecule has 1 fully saturated rings.